The lowest BCUT2D eigenvalue weighted by Crippen LogP contribution is -2.15. The van der Waals surface area contributed by atoms with Crippen molar-refractivity contribution in [1.82, 2.24) is 5.32 Å². The van der Waals surface area contributed by atoms with Crippen molar-refractivity contribution in [3.8, 4) is 11.5 Å². The molecule has 2 nitrogen and oxygen atoms in total. The van der Waals surface area contributed by atoms with Crippen LogP contribution in [-0.4, -0.2) is 6.04 Å². The maximum absolute atomic E-state index is 13.4. The number of hydrogen-bond donors (Lipinski definition) is 1. The Morgan fingerprint density at radius 1 is 1.10 bits per heavy atom. The van der Waals surface area contributed by atoms with Gasteiger partial charge in [0.2, 0.25) is 0 Å². The molecule has 0 heterocycles. The number of hydrogen-bond acceptors (Lipinski definition) is 2. The summed E-state index contributed by atoms with van der Waals surface area (Å²) in [6.45, 7) is 0.575. The molecule has 2 aromatic carbocycles. The van der Waals surface area contributed by atoms with Crippen molar-refractivity contribution in [3.05, 3.63) is 57.8 Å². The lowest BCUT2D eigenvalue weighted by Gasteiger charge is -2.12. The van der Waals surface area contributed by atoms with Crippen LogP contribution in [0, 0.1) is 5.82 Å². The largest absolute Gasteiger partial charge is 0.457 e. The average molecular weight is 326 g/mol. The molecule has 0 aromatic heterocycles. The number of ether oxygens (including phenoxy) is 1. The van der Waals surface area contributed by atoms with Crippen LogP contribution in [0.5, 0.6) is 11.5 Å². The molecule has 1 fully saturated rings. The van der Waals surface area contributed by atoms with Gasteiger partial charge in [0.25, 0.3) is 0 Å². The van der Waals surface area contributed by atoms with Gasteiger partial charge in [0.15, 0.2) is 0 Å². The number of benzene rings is 2. The van der Waals surface area contributed by atoms with Crippen molar-refractivity contribution in [2.45, 2.75) is 25.4 Å². The fourth-order valence-electron chi connectivity index (χ4n) is 2.04. The van der Waals surface area contributed by atoms with Crippen LogP contribution in [0.1, 0.15) is 18.4 Å². The summed E-state index contributed by atoms with van der Waals surface area (Å²) < 4.78 is 19.2. The number of rotatable bonds is 5. The second-order valence-electron chi connectivity index (χ2n) is 5.11. The monoisotopic (exact) mass is 325 g/mol. The van der Waals surface area contributed by atoms with Gasteiger partial charge in [-0.05, 0) is 49.2 Å². The van der Waals surface area contributed by atoms with Gasteiger partial charge in [-0.2, -0.15) is 0 Å². The van der Waals surface area contributed by atoms with Crippen LogP contribution < -0.4 is 10.1 Å². The third kappa shape index (κ3) is 4.10. The standard InChI is InChI=1S/C16H14Cl2FNO/c17-11-6-12(18)8-15(7-11)21-16-4-1-13(19)5-10(16)9-20-14-2-3-14/h1,4-8,14,20H,2-3,9H2. The maximum atomic E-state index is 13.4. The van der Waals surface area contributed by atoms with E-state index in [1.807, 2.05) is 0 Å². The molecule has 0 bridgehead atoms. The smallest absolute Gasteiger partial charge is 0.132 e. The molecule has 0 unspecified atom stereocenters. The van der Waals surface area contributed by atoms with E-state index < -0.39 is 0 Å². The Morgan fingerprint density at radius 2 is 1.81 bits per heavy atom. The molecule has 0 atom stereocenters. The van der Waals surface area contributed by atoms with Gasteiger partial charge in [0.05, 0.1) is 0 Å². The molecule has 21 heavy (non-hydrogen) atoms. The van der Waals surface area contributed by atoms with Gasteiger partial charge in [0, 0.05) is 28.2 Å². The molecule has 1 aliphatic carbocycles. The van der Waals surface area contributed by atoms with E-state index >= 15 is 0 Å². The zero-order chi connectivity index (χ0) is 14.8. The van der Waals surface area contributed by atoms with Gasteiger partial charge in [0.1, 0.15) is 17.3 Å². The summed E-state index contributed by atoms with van der Waals surface area (Å²) in [5.41, 5.74) is 0.776. The molecule has 1 N–H and O–H groups in total. The summed E-state index contributed by atoms with van der Waals surface area (Å²) >= 11 is 11.9. The quantitative estimate of drug-likeness (QED) is 0.818. The van der Waals surface area contributed by atoms with Crippen molar-refractivity contribution in [2.75, 3.05) is 0 Å². The zero-order valence-corrected chi connectivity index (χ0v) is 12.7. The number of halogens is 3. The first-order valence-corrected chi connectivity index (χ1v) is 7.51. The zero-order valence-electron chi connectivity index (χ0n) is 11.2. The van der Waals surface area contributed by atoms with Crippen LogP contribution in [0.15, 0.2) is 36.4 Å². The average Bonchev–Trinajstić information content (AvgIpc) is 3.22. The third-order valence-electron chi connectivity index (χ3n) is 3.24. The topological polar surface area (TPSA) is 21.3 Å². The van der Waals surface area contributed by atoms with Gasteiger partial charge in [-0.1, -0.05) is 23.2 Å². The fourth-order valence-corrected chi connectivity index (χ4v) is 2.55. The molecular weight excluding hydrogens is 312 g/mol. The van der Waals surface area contributed by atoms with Gasteiger partial charge in [-0.15, -0.1) is 0 Å². The van der Waals surface area contributed by atoms with Crippen molar-refractivity contribution in [3.63, 3.8) is 0 Å². The summed E-state index contributed by atoms with van der Waals surface area (Å²) in [4.78, 5) is 0. The summed E-state index contributed by atoms with van der Waals surface area (Å²) in [5, 5.41) is 4.35. The van der Waals surface area contributed by atoms with E-state index in [4.69, 9.17) is 27.9 Å². The highest BCUT2D eigenvalue weighted by atomic mass is 35.5. The summed E-state index contributed by atoms with van der Waals surface area (Å²) in [6, 6.07) is 10.0. The Bertz CT molecular complexity index is 638. The van der Waals surface area contributed by atoms with Gasteiger partial charge >= 0.3 is 0 Å². The number of nitrogens with one attached hydrogen (secondary N) is 1. The highest BCUT2D eigenvalue weighted by molar-refractivity contribution is 6.34. The van der Waals surface area contributed by atoms with E-state index in [0.29, 0.717) is 34.1 Å². The normalized spacial score (nSPS) is 14.2. The van der Waals surface area contributed by atoms with Gasteiger partial charge in [-0.3, -0.25) is 0 Å². The first-order valence-electron chi connectivity index (χ1n) is 6.76. The van der Waals surface area contributed by atoms with Crippen molar-refractivity contribution < 1.29 is 9.13 Å². The van der Waals surface area contributed by atoms with Crippen LogP contribution in [0.2, 0.25) is 10.0 Å². The van der Waals surface area contributed by atoms with E-state index in [-0.39, 0.29) is 5.82 Å². The second kappa shape index (κ2) is 6.22. The van der Waals surface area contributed by atoms with Crippen LogP contribution in [-0.2, 0) is 6.54 Å². The van der Waals surface area contributed by atoms with Crippen molar-refractivity contribution in [2.24, 2.45) is 0 Å². The molecule has 0 radical (unpaired) electrons. The Labute approximate surface area is 132 Å². The van der Waals surface area contributed by atoms with Crippen LogP contribution in [0.3, 0.4) is 0 Å². The predicted octanol–water partition coefficient (Wildman–Crippen LogP) is 5.18. The molecule has 3 rings (SSSR count). The van der Waals surface area contributed by atoms with Crippen LogP contribution >= 0.6 is 23.2 Å². The minimum Gasteiger partial charge on any atom is -0.457 e. The molecule has 110 valence electrons. The lowest BCUT2D eigenvalue weighted by atomic mass is 10.2. The molecule has 1 aliphatic rings. The highest BCUT2D eigenvalue weighted by Crippen LogP contribution is 2.31. The van der Waals surface area contributed by atoms with Gasteiger partial charge < -0.3 is 10.1 Å². The van der Waals surface area contributed by atoms with Crippen LogP contribution in [0.4, 0.5) is 4.39 Å². The first kappa shape index (κ1) is 14.6. The minimum atomic E-state index is -0.279. The lowest BCUT2D eigenvalue weighted by molar-refractivity contribution is 0.470. The minimum absolute atomic E-state index is 0.279. The molecule has 0 aliphatic heterocycles. The highest BCUT2D eigenvalue weighted by Gasteiger charge is 2.21. The fraction of sp³-hybridized carbons (Fsp3) is 0.250. The summed E-state index contributed by atoms with van der Waals surface area (Å²) in [7, 11) is 0. The van der Waals surface area contributed by atoms with E-state index in [2.05, 4.69) is 5.32 Å². The van der Waals surface area contributed by atoms with Crippen molar-refractivity contribution >= 4 is 23.2 Å². The molecule has 0 amide bonds. The van der Waals surface area contributed by atoms with E-state index in [0.717, 1.165) is 5.56 Å². The van der Waals surface area contributed by atoms with E-state index in [1.165, 1.54) is 25.0 Å². The molecular formula is C16H14Cl2FNO. The Morgan fingerprint density at radius 3 is 2.48 bits per heavy atom. The van der Waals surface area contributed by atoms with Gasteiger partial charge in [-0.25, -0.2) is 4.39 Å². The van der Waals surface area contributed by atoms with E-state index in [1.54, 1.807) is 24.3 Å². The van der Waals surface area contributed by atoms with E-state index in [9.17, 15) is 4.39 Å². The predicted molar refractivity (Wildman–Crippen MR) is 82.8 cm³/mol. The Balaban J connectivity index is 1.82. The molecule has 5 heteroatoms. The second-order valence-corrected chi connectivity index (χ2v) is 5.99. The summed E-state index contributed by atoms with van der Waals surface area (Å²) in [5.74, 6) is 0.855. The maximum Gasteiger partial charge on any atom is 0.132 e. The summed E-state index contributed by atoms with van der Waals surface area (Å²) in [6.07, 6.45) is 2.35. The van der Waals surface area contributed by atoms with Crippen molar-refractivity contribution in [1.29, 1.82) is 0 Å². The molecule has 0 saturated heterocycles. The Hall–Kier alpha value is -1.29. The third-order valence-corrected chi connectivity index (χ3v) is 3.68. The van der Waals surface area contributed by atoms with Crippen LogP contribution in [0.25, 0.3) is 0 Å². The molecule has 0 spiro atoms. The Kier molecular flexibility index (Phi) is 4.34. The molecule has 2 aromatic rings. The SMILES string of the molecule is Fc1ccc(Oc2cc(Cl)cc(Cl)c2)c(CNC2CC2)c1. The first-order chi connectivity index (χ1) is 10.1. The molecule has 1 saturated carbocycles.